The number of thioether (sulfide) groups is 1. The summed E-state index contributed by atoms with van der Waals surface area (Å²) in [6.07, 6.45) is 1.99. The number of hydrogen-bond donors (Lipinski definition) is 2. The minimum Gasteiger partial charge on any atom is -0.374 e. The number of nitrogens with one attached hydrogen (secondary N) is 2. The number of halogens is 2. The molecule has 2 N–H and O–H groups in total. The first-order valence-corrected chi connectivity index (χ1v) is 8.26. The third kappa shape index (κ3) is 4.39. The molecule has 116 valence electrons. The maximum absolute atomic E-state index is 13.0. The lowest BCUT2D eigenvalue weighted by Crippen LogP contribution is -2.31. The Morgan fingerprint density at radius 1 is 1.27 bits per heavy atom. The van der Waals surface area contributed by atoms with Gasteiger partial charge in [0.25, 0.3) is 0 Å². The summed E-state index contributed by atoms with van der Waals surface area (Å²) in [5, 5.41) is 5.98. The van der Waals surface area contributed by atoms with E-state index < -0.39 is 11.9 Å². The zero-order chi connectivity index (χ0) is 16.1. The van der Waals surface area contributed by atoms with Gasteiger partial charge < -0.3 is 10.6 Å². The van der Waals surface area contributed by atoms with E-state index in [1.807, 2.05) is 30.5 Å². The van der Waals surface area contributed by atoms with E-state index >= 15 is 0 Å². The van der Waals surface area contributed by atoms with Crippen LogP contribution in [0.3, 0.4) is 0 Å². The van der Waals surface area contributed by atoms with Crippen LogP contribution in [0, 0.1) is 5.82 Å². The summed E-state index contributed by atoms with van der Waals surface area (Å²) in [6.45, 7) is 1.75. The van der Waals surface area contributed by atoms with E-state index in [0.29, 0.717) is 5.69 Å². The molecule has 0 aliphatic rings. The molecule has 2 rings (SSSR count). The minimum atomic E-state index is -0.460. The fraction of sp³-hybridized carbons (Fsp3) is 0.188. The minimum absolute atomic E-state index is 0.171. The van der Waals surface area contributed by atoms with Gasteiger partial charge in [0.05, 0.1) is 10.7 Å². The number of carbonyl (C=O) groups is 1. The normalized spacial score (nSPS) is 11.8. The lowest BCUT2D eigenvalue weighted by atomic mass is 10.2. The second kappa shape index (κ2) is 7.51. The lowest BCUT2D eigenvalue weighted by Gasteiger charge is -2.16. The van der Waals surface area contributed by atoms with Gasteiger partial charge in [-0.25, -0.2) is 4.39 Å². The van der Waals surface area contributed by atoms with Crippen LogP contribution < -0.4 is 10.6 Å². The predicted octanol–water partition coefficient (Wildman–Crippen LogP) is 4.64. The van der Waals surface area contributed by atoms with Crippen LogP contribution in [0.2, 0.25) is 5.02 Å². The zero-order valence-corrected chi connectivity index (χ0v) is 13.8. The molecular weight excluding hydrogens is 323 g/mol. The van der Waals surface area contributed by atoms with Crippen molar-refractivity contribution in [1.82, 2.24) is 0 Å². The molecule has 1 atom stereocenters. The van der Waals surface area contributed by atoms with Crippen LogP contribution in [-0.4, -0.2) is 18.2 Å². The molecule has 2 aromatic rings. The fourth-order valence-electron chi connectivity index (χ4n) is 1.86. The van der Waals surface area contributed by atoms with Crippen molar-refractivity contribution in [2.75, 3.05) is 16.9 Å². The van der Waals surface area contributed by atoms with E-state index in [-0.39, 0.29) is 10.9 Å². The van der Waals surface area contributed by atoms with Crippen LogP contribution in [0.1, 0.15) is 6.92 Å². The van der Waals surface area contributed by atoms with Crippen molar-refractivity contribution < 1.29 is 9.18 Å². The van der Waals surface area contributed by atoms with Crippen LogP contribution in [0.15, 0.2) is 47.4 Å². The summed E-state index contributed by atoms with van der Waals surface area (Å²) in [5.41, 5.74) is 1.25. The highest BCUT2D eigenvalue weighted by atomic mass is 35.5. The van der Waals surface area contributed by atoms with Crippen molar-refractivity contribution in [3.05, 3.63) is 53.3 Å². The van der Waals surface area contributed by atoms with Gasteiger partial charge in [-0.1, -0.05) is 17.7 Å². The van der Waals surface area contributed by atoms with E-state index in [0.717, 1.165) is 16.6 Å². The smallest absolute Gasteiger partial charge is 0.246 e. The molecule has 0 aromatic heterocycles. The van der Waals surface area contributed by atoms with E-state index in [1.165, 1.54) is 12.1 Å². The molecule has 0 saturated carbocycles. The van der Waals surface area contributed by atoms with Crippen molar-refractivity contribution in [3.63, 3.8) is 0 Å². The van der Waals surface area contributed by atoms with Gasteiger partial charge in [0.1, 0.15) is 11.9 Å². The van der Waals surface area contributed by atoms with Crippen LogP contribution in [-0.2, 0) is 4.79 Å². The number of hydrogen-bond acceptors (Lipinski definition) is 3. The van der Waals surface area contributed by atoms with Crippen LogP contribution >= 0.6 is 23.4 Å². The average Bonchev–Trinajstić information content (AvgIpc) is 2.50. The van der Waals surface area contributed by atoms with Crippen molar-refractivity contribution in [2.24, 2.45) is 0 Å². The predicted molar refractivity (Wildman–Crippen MR) is 91.3 cm³/mol. The SMILES string of the molecule is CSc1cccc(N[C@@H](C)C(=O)Nc2ccc(F)cc2Cl)c1. The van der Waals surface area contributed by atoms with Gasteiger partial charge in [-0.15, -0.1) is 11.8 Å². The molecule has 2 aromatic carbocycles. The fourth-order valence-corrected chi connectivity index (χ4v) is 2.53. The van der Waals surface area contributed by atoms with Crippen molar-refractivity contribution in [2.45, 2.75) is 17.9 Å². The first-order chi connectivity index (χ1) is 10.5. The molecule has 6 heteroatoms. The summed E-state index contributed by atoms with van der Waals surface area (Å²) in [4.78, 5) is 13.3. The second-order valence-corrected chi connectivity index (χ2v) is 6.00. The molecule has 3 nitrogen and oxygen atoms in total. The van der Waals surface area contributed by atoms with Crippen LogP contribution in [0.25, 0.3) is 0 Å². The zero-order valence-electron chi connectivity index (χ0n) is 12.2. The Labute approximate surface area is 138 Å². The van der Waals surface area contributed by atoms with Crippen molar-refractivity contribution in [3.8, 4) is 0 Å². The molecule has 0 unspecified atom stereocenters. The largest absolute Gasteiger partial charge is 0.374 e. The maximum atomic E-state index is 13.0. The van der Waals surface area contributed by atoms with E-state index in [9.17, 15) is 9.18 Å². The van der Waals surface area contributed by atoms with Gasteiger partial charge in [-0.3, -0.25) is 4.79 Å². The molecule has 22 heavy (non-hydrogen) atoms. The Morgan fingerprint density at radius 3 is 2.73 bits per heavy atom. The van der Waals surface area contributed by atoms with Crippen molar-refractivity contribution in [1.29, 1.82) is 0 Å². The number of carbonyl (C=O) groups excluding carboxylic acids is 1. The highest BCUT2D eigenvalue weighted by molar-refractivity contribution is 7.98. The quantitative estimate of drug-likeness (QED) is 0.780. The molecule has 0 heterocycles. The first-order valence-electron chi connectivity index (χ1n) is 6.66. The third-order valence-electron chi connectivity index (χ3n) is 3.04. The summed E-state index contributed by atoms with van der Waals surface area (Å²) < 4.78 is 13.0. The molecule has 0 aliphatic heterocycles. The summed E-state index contributed by atoms with van der Waals surface area (Å²) in [6, 6.07) is 11.2. The lowest BCUT2D eigenvalue weighted by molar-refractivity contribution is -0.116. The van der Waals surface area contributed by atoms with Gasteiger partial charge >= 0.3 is 0 Å². The van der Waals surface area contributed by atoms with E-state index in [2.05, 4.69) is 10.6 Å². The molecule has 0 spiro atoms. The molecule has 0 radical (unpaired) electrons. The molecule has 0 fully saturated rings. The van der Waals surface area contributed by atoms with Crippen LogP contribution in [0.5, 0.6) is 0 Å². The van der Waals surface area contributed by atoms with Gasteiger partial charge in [-0.2, -0.15) is 0 Å². The molecule has 1 amide bonds. The average molecular weight is 339 g/mol. The molecule has 0 saturated heterocycles. The number of rotatable bonds is 5. The monoisotopic (exact) mass is 338 g/mol. The Hall–Kier alpha value is -1.72. The summed E-state index contributed by atoms with van der Waals surface area (Å²) >= 11 is 7.53. The Bertz CT molecular complexity index is 681. The topological polar surface area (TPSA) is 41.1 Å². The number of benzene rings is 2. The number of amides is 1. The van der Waals surface area contributed by atoms with Gasteiger partial charge in [0.2, 0.25) is 5.91 Å². The van der Waals surface area contributed by atoms with Gasteiger partial charge in [0, 0.05) is 10.6 Å². The summed E-state index contributed by atoms with van der Waals surface area (Å²) in [7, 11) is 0. The van der Waals surface area contributed by atoms with Crippen molar-refractivity contribution >= 4 is 40.6 Å². The van der Waals surface area contributed by atoms with Gasteiger partial charge in [-0.05, 0) is 49.6 Å². The highest BCUT2D eigenvalue weighted by Crippen LogP contribution is 2.23. The number of anilines is 2. The third-order valence-corrected chi connectivity index (χ3v) is 4.07. The Balaban J connectivity index is 2.02. The van der Waals surface area contributed by atoms with E-state index in [1.54, 1.807) is 18.7 Å². The second-order valence-electron chi connectivity index (χ2n) is 4.71. The maximum Gasteiger partial charge on any atom is 0.246 e. The Kier molecular flexibility index (Phi) is 5.69. The van der Waals surface area contributed by atoms with Gasteiger partial charge in [0.15, 0.2) is 0 Å². The standard InChI is InChI=1S/C16H16ClFN2OS/c1-10(19-12-4-3-5-13(9-12)22-2)16(21)20-15-7-6-11(18)8-14(15)17/h3-10,19H,1-2H3,(H,20,21)/t10-/m0/s1. The van der Waals surface area contributed by atoms with Crippen LogP contribution in [0.4, 0.5) is 15.8 Å². The summed E-state index contributed by atoms with van der Waals surface area (Å²) in [5.74, 6) is -0.689. The Morgan fingerprint density at radius 2 is 2.05 bits per heavy atom. The molecule has 0 bridgehead atoms. The van der Waals surface area contributed by atoms with E-state index in [4.69, 9.17) is 11.6 Å². The highest BCUT2D eigenvalue weighted by Gasteiger charge is 2.14. The molecular formula is C16H16ClFN2OS. The molecule has 0 aliphatic carbocycles. The first kappa shape index (κ1) is 16.6.